The third-order valence-corrected chi connectivity index (χ3v) is 3.60. The first-order valence-electron chi connectivity index (χ1n) is 5.75. The summed E-state index contributed by atoms with van der Waals surface area (Å²) < 4.78 is 3.71. The van der Waals surface area contributed by atoms with Crippen LogP contribution in [0.2, 0.25) is 0 Å². The van der Waals surface area contributed by atoms with E-state index in [2.05, 4.69) is 19.9 Å². The number of aromatic nitrogens is 3. The minimum atomic E-state index is -0.258. The molecule has 0 unspecified atom stereocenters. The van der Waals surface area contributed by atoms with Crippen LogP contribution >= 0.6 is 11.5 Å². The van der Waals surface area contributed by atoms with Crippen LogP contribution in [0.4, 0.5) is 0 Å². The Morgan fingerprint density at radius 2 is 2.16 bits per heavy atom. The molecule has 0 fully saturated rings. The van der Waals surface area contributed by atoms with Crippen molar-refractivity contribution in [2.75, 3.05) is 0 Å². The molecule has 19 heavy (non-hydrogen) atoms. The van der Waals surface area contributed by atoms with Gasteiger partial charge in [-0.05, 0) is 43.9 Å². The van der Waals surface area contributed by atoms with Gasteiger partial charge < -0.3 is 10.3 Å². The molecule has 0 bridgehead atoms. The molecule has 0 radical (unpaired) electrons. The highest BCUT2D eigenvalue weighted by Gasteiger charge is 2.14. The highest BCUT2D eigenvalue weighted by molar-refractivity contribution is 7.07. The van der Waals surface area contributed by atoms with Crippen LogP contribution in [0.3, 0.4) is 0 Å². The van der Waals surface area contributed by atoms with Crippen molar-refractivity contribution in [1.29, 1.82) is 0 Å². The van der Waals surface area contributed by atoms with Crippen LogP contribution in [0.5, 0.6) is 0 Å². The van der Waals surface area contributed by atoms with E-state index in [1.54, 1.807) is 6.92 Å². The van der Waals surface area contributed by atoms with Crippen molar-refractivity contribution in [3.8, 4) is 0 Å². The van der Waals surface area contributed by atoms with E-state index in [4.69, 9.17) is 0 Å². The summed E-state index contributed by atoms with van der Waals surface area (Å²) in [6.07, 6.45) is 0. The highest BCUT2D eigenvalue weighted by Crippen LogP contribution is 2.09. The first-order valence-corrected chi connectivity index (χ1v) is 6.53. The number of carbonyl (C=O) groups is 1. The summed E-state index contributed by atoms with van der Waals surface area (Å²) in [5.41, 5.74) is 2.66. The first kappa shape index (κ1) is 13.4. The quantitative estimate of drug-likeness (QED) is 0.879. The van der Waals surface area contributed by atoms with Crippen molar-refractivity contribution in [2.45, 2.75) is 27.3 Å². The number of H-pyrrole nitrogens is 1. The summed E-state index contributed by atoms with van der Waals surface area (Å²) in [6, 6.07) is 1.88. The van der Waals surface area contributed by atoms with Gasteiger partial charge in [0.2, 0.25) is 0 Å². The average molecular weight is 278 g/mol. The maximum absolute atomic E-state index is 11.9. The molecule has 1 amide bonds. The molecule has 0 aliphatic carbocycles. The zero-order valence-electron chi connectivity index (χ0n) is 10.9. The van der Waals surface area contributed by atoms with Crippen LogP contribution in [0, 0.1) is 20.8 Å². The van der Waals surface area contributed by atoms with Gasteiger partial charge in [-0.25, -0.2) is 0 Å². The summed E-state index contributed by atoms with van der Waals surface area (Å²) in [6.45, 7) is 5.59. The van der Waals surface area contributed by atoms with Crippen LogP contribution < -0.4 is 10.9 Å². The molecule has 7 heteroatoms. The molecule has 0 saturated heterocycles. The number of nitrogens with one attached hydrogen (secondary N) is 2. The Kier molecular flexibility index (Phi) is 3.75. The smallest absolute Gasteiger partial charge is 0.265 e. The van der Waals surface area contributed by atoms with E-state index in [9.17, 15) is 9.59 Å². The van der Waals surface area contributed by atoms with Crippen LogP contribution in [-0.4, -0.2) is 20.5 Å². The van der Waals surface area contributed by atoms with Gasteiger partial charge in [0.1, 0.15) is 4.88 Å². The minimum Gasteiger partial charge on any atom is -0.347 e. The van der Waals surface area contributed by atoms with Crippen molar-refractivity contribution in [3.63, 3.8) is 0 Å². The van der Waals surface area contributed by atoms with Gasteiger partial charge in [0.05, 0.1) is 5.69 Å². The van der Waals surface area contributed by atoms with Crippen LogP contribution in [-0.2, 0) is 6.54 Å². The summed E-state index contributed by atoms with van der Waals surface area (Å²) in [5, 5.41) is 6.49. The molecule has 0 saturated carbocycles. The number of aromatic amines is 1. The number of rotatable bonds is 3. The molecule has 0 aromatic carbocycles. The number of carbonyl (C=O) groups excluding carboxylic acids is 1. The average Bonchev–Trinajstić information content (AvgIpc) is 2.73. The third-order valence-electron chi connectivity index (χ3n) is 2.78. The second-order valence-corrected chi connectivity index (χ2v) is 5.07. The second-order valence-electron chi connectivity index (χ2n) is 4.31. The fourth-order valence-corrected chi connectivity index (χ4v) is 2.36. The number of nitrogens with zero attached hydrogens (tertiary/aromatic N) is 2. The molecular weight excluding hydrogens is 264 g/mol. The number of hydrogen-bond acceptors (Lipinski definition) is 5. The molecule has 2 aromatic heterocycles. The summed E-state index contributed by atoms with van der Waals surface area (Å²) in [7, 11) is 0. The van der Waals surface area contributed by atoms with Crippen molar-refractivity contribution in [1.82, 2.24) is 19.9 Å². The number of hydrogen-bond donors (Lipinski definition) is 2. The Bertz CT molecular complexity index is 675. The Labute approximate surface area is 114 Å². The number of amides is 1. The van der Waals surface area contributed by atoms with Crippen LogP contribution in [0.15, 0.2) is 10.9 Å². The van der Waals surface area contributed by atoms with Crippen molar-refractivity contribution < 1.29 is 4.79 Å². The van der Waals surface area contributed by atoms with Gasteiger partial charge in [-0.15, -0.1) is 5.10 Å². The van der Waals surface area contributed by atoms with Gasteiger partial charge in [0.15, 0.2) is 0 Å². The SMILES string of the molecule is Cc1cc(C)c(CNC(=O)c2snnc2C)c(=O)[nH]1. The highest BCUT2D eigenvalue weighted by atomic mass is 32.1. The number of pyridine rings is 1. The largest absolute Gasteiger partial charge is 0.347 e. The Morgan fingerprint density at radius 1 is 1.42 bits per heavy atom. The lowest BCUT2D eigenvalue weighted by Gasteiger charge is -2.07. The van der Waals surface area contributed by atoms with E-state index in [1.165, 1.54) is 0 Å². The molecule has 0 atom stereocenters. The van der Waals surface area contributed by atoms with Gasteiger partial charge in [-0.1, -0.05) is 4.49 Å². The fourth-order valence-electron chi connectivity index (χ4n) is 1.79. The molecule has 2 heterocycles. The molecule has 2 N–H and O–H groups in total. The van der Waals surface area contributed by atoms with Crippen LogP contribution in [0.1, 0.15) is 32.2 Å². The lowest BCUT2D eigenvalue weighted by Crippen LogP contribution is -2.27. The van der Waals surface area contributed by atoms with Crippen molar-refractivity contribution in [2.24, 2.45) is 0 Å². The van der Waals surface area contributed by atoms with Gasteiger partial charge >= 0.3 is 0 Å². The maximum atomic E-state index is 11.9. The molecule has 100 valence electrons. The lowest BCUT2D eigenvalue weighted by molar-refractivity contribution is 0.0954. The lowest BCUT2D eigenvalue weighted by atomic mass is 10.1. The van der Waals surface area contributed by atoms with Gasteiger partial charge in [-0.3, -0.25) is 9.59 Å². The standard InChI is InChI=1S/C12H14N4O2S/c1-6-4-7(2)14-11(17)9(6)5-13-12(18)10-8(3)15-16-19-10/h4H,5H2,1-3H3,(H,13,18)(H,14,17). The van der Waals surface area contributed by atoms with E-state index in [-0.39, 0.29) is 18.0 Å². The second kappa shape index (κ2) is 5.31. The summed E-state index contributed by atoms with van der Waals surface area (Å²) in [5.74, 6) is -0.258. The topological polar surface area (TPSA) is 87.7 Å². The molecular formula is C12H14N4O2S. The summed E-state index contributed by atoms with van der Waals surface area (Å²) in [4.78, 5) is 26.9. The van der Waals surface area contributed by atoms with Crippen molar-refractivity contribution >= 4 is 17.4 Å². The molecule has 2 aromatic rings. The molecule has 0 spiro atoms. The first-order chi connectivity index (χ1) is 8.99. The zero-order valence-corrected chi connectivity index (χ0v) is 11.7. The van der Waals surface area contributed by atoms with E-state index >= 15 is 0 Å². The predicted molar refractivity (Wildman–Crippen MR) is 72.4 cm³/mol. The Morgan fingerprint density at radius 3 is 2.74 bits per heavy atom. The number of aryl methyl sites for hydroxylation is 3. The van der Waals surface area contributed by atoms with Gasteiger partial charge in [-0.2, -0.15) is 0 Å². The predicted octanol–water partition coefficient (Wildman–Crippen LogP) is 1.08. The summed E-state index contributed by atoms with van der Waals surface area (Å²) >= 11 is 1.04. The minimum absolute atomic E-state index is 0.169. The third kappa shape index (κ3) is 2.87. The van der Waals surface area contributed by atoms with Gasteiger partial charge in [0.25, 0.3) is 11.5 Å². The monoisotopic (exact) mass is 278 g/mol. The maximum Gasteiger partial charge on any atom is 0.265 e. The van der Waals surface area contributed by atoms with Crippen molar-refractivity contribution in [3.05, 3.63) is 43.8 Å². The van der Waals surface area contributed by atoms with Gasteiger partial charge in [0, 0.05) is 17.8 Å². The normalized spacial score (nSPS) is 10.5. The fraction of sp³-hybridized carbons (Fsp3) is 0.333. The zero-order chi connectivity index (χ0) is 14.0. The molecule has 0 aliphatic heterocycles. The molecule has 0 aliphatic rings. The van der Waals surface area contributed by atoms with E-state index in [0.29, 0.717) is 16.1 Å². The molecule has 2 rings (SSSR count). The Hall–Kier alpha value is -2.02. The van der Waals surface area contributed by atoms with Crippen LogP contribution in [0.25, 0.3) is 0 Å². The Balaban J connectivity index is 2.14. The molecule has 6 nitrogen and oxygen atoms in total. The van der Waals surface area contributed by atoms with E-state index < -0.39 is 0 Å². The van der Waals surface area contributed by atoms with E-state index in [1.807, 2.05) is 19.9 Å². The van der Waals surface area contributed by atoms with E-state index in [0.717, 1.165) is 22.8 Å².